The Labute approximate surface area is 140 Å². The summed E-state index contributed by atoms with van der Waals surface area (Å²) in [6.07, 6.45) is -0.578. The van der Waals surface area contributed by atoms with Crippen molar-refractivity contribution in [3.63, 3.8) is 0 Å². The highest BCUT2D eigenvalue weighted by Crippen LogP contribution is 2.57. The number of rotatable bonds is 4. The Balaban J connectivity index is 2.15. The molecule has 1 amide bonds. The first kappa shape index (κ1) is 15.7. The summed E-state index contributed by atoms with van der Waals surface area (Å²) in [5, 5.41) is 3.79. The predicted molar refractivity (Wildman–Crippen MR) is 83.0 cm³/mol. The Morgan fingerprint density at radius 3 is 2.39 bits per heavy atom. The van der Waals surface area contributed by atoms with Gasteiger partial charge in [0, 0.05) is 0 Å². The molecular formula is C14H15BrN2O6. The van der Waals surface area contributed by atoms with Gasteiger partial charge in [-0.15, -0.1) is 0 Å². The van der Waals surface area contributed by atoms with Gasteiger partial charge >= 0.3 is 0 Å². The molecule has 2 atom stereocenters. The van der Waals surface area contributed by atoms with Crippen LogP contribution >= 0.6 is 15.9 Å². The average molecular weight is 387 g/mol. The Morgan fingerprint density at radius 2 is 1.87 bits per heavy atom. The topological polar surface area (TPSA) is 102 Å². The van der Waals surface area contributed by atoms with Crippen molar-refractivity contribution in [3.05, 3.63) is 10.0 Å². The van der Waals surface area contributed by atoms with Gasteiger partial charge in [0.2, 0.25) is 18.3 Å². The van der Waals surface area contributed by atoms with Gasteiger partial charge < -0.3 is 29.5 Å². The minimum absolute atomic E-state index is 0.0576. The molecule has 3 rings (SSSR count). The average Bonchev–Trinajstić information content (AvgIpc) is 3.13. The number of halogens is 1. The molecule has 0 saturated heterocycles. The number of amides is 1. The number of hydrogen-bond donors (Lipinski definition) is 1. The number of primary amides is 1. The molecule has 0 saturated carbocycles. The summed E-state index contributed by atoms with van der Waals surface area (Å²) in [5.74, 6) is 0.776. The fourth-order valence-electron chi connectivity index (χ4n) is 2.70. The summed E-state index contributed by atoms with van der Waals surface area (Å²) in [5.41, 5.74) is 6.10. The normalized spacial score (nSPS) is 21.7. The molecule has 0 aliphatic carbocycles. The number of carbonyl (C=O) groups is 1. The van der Waals surface area contributed by atoms with E-state index in [1.165, 1.54) is 14.2 Å². The lowest BCUT2D eigenvalue weighted by molar-refractivity contribution is -0.112. The number of carbonyl (C=O) groups excluding carboxylic acids is 1. The van der Waals surface area contributed by atoms with E-state index in [2.05, 4.69) is 21.1 Å². The van der Waals surface area contributed by atoms with Crippen LogP contribution in [0.2, 0.25) is 0 Å². The van der Waals surface area contributed by atoms with Crippen molar-refractivity contribution in [1.82, 2.24) is 0 Å². The van der Waals surface area contributed by atoms with E-state index in [4.69, 9.17) is 29.5 Å². The number of nitrogens with zero attached hydrogens (tertiary/aromatic N) is 1. The largest absolute Gasteiger partial charge is 0.492 e. The van der Waals surface area contributed by atoms with E-state index in [9.17, 15) is 4.79 Å². The Hall–Kier alpha value is -2.16. The Morgan fingerprint density at radius 1 is 1.26 bits per heavy atom. The molecule has 8 nitrogen and oxygen atoms in total. The number of hydrogen-bond acceptors (Lipinski definition) is 7. The quantitative estimate of drug-likeness (QED) is 0.845. The summed E-state index contributed by atoms with van der Waals surface area (Å²) >= 11 is 3.49. The van der Waals surface area contributed by atoms with Crippen LogP contribution in [0.5, 0.6) is 23.0 Å². The second kappa shape index (κ2) is 5.80. The van der Waals surface area contributed by atoms with Crippen molar-refractivity contribution in [2.24, 2.45) is 16.8 Å². The van der Waals surface area contributed by atoms with Crippen molar-refractivity contribution in [1.29, 1.82) is 0 Å². The SMILES string of the molecule is COc1c(Br)c([C@@H]2ON=C(C(N)=O)[C@@H]2C)c(OC)c2c1OCO2. The van der Waals surface area contributed by atoms with Crippen LogP contribution in [0.4, 0.5) is 0 Å². The lowest BCUT2D eigenvalue weighted by Crippen LogP contribution is -2.28. The van der Waals surface area contributed by atoms with E-state index < -0.39 is 12.0 Å². The van der Waals surface area contributed by atoms with Crippen LogP contribution in [0.25, 0.3) is 0 Å². The van der Waals surface area contributed by atoms with E-state index in [1.54, 1.807) is 6.92 Å². The second-order valence-electron chi connectivity index (χ2n) is 5.01. The molecule has 23 heavy (non-hydrogen) atoms. The van der Waals surface area contributed by atoms with Crippen molar-refractivity contribution in [3.8, 4) is 23.0 Å². The maximum Gasteiger partial charge on any atom is 0.266 e. The third-order valence-electron chi connectivity index (χ3n) is 3.80. The minimum atomic E-state index is -0.622. The van der Waals surface area contributed by atoms with Gasteiger partial charge in [-0.25, -0.2) is 0 Å². The molecule has 0 unspecified atom stereocenters. The van der Waals surface area contributed by atoms with Crippen molar-refractivity contribution in [2.45, 2.75) is 13.0 Å². The maximum absolute atomic E-state index is 11.4. The van der Waals surface area contributed by atoms with Crippen LogP contribution in [0.1, 0.15) is 18.6 Å². The minimum Gasteiger partial charge on any atom is -0.492 e. The molecule has 1 aromatic carbocycles. The molecular weight excluding hydrogens is 372 g/mol. The molecule has 2 aliphatic rings. The van der Waals surface area contributed by atoms with Crippen LogP contribution in [0, 0.1) is 5.92 Å². The number of oxime groups is 1. The third-order valence-corrected chi connectivity index (χ3v) is 4.59. The van der Waals surface area contributed by atoms with Gasteiger partial charge in [0.1, 0.15) is 0 Å². The lowest BCUT2D eigenvalue weighted by Gasteiger charge is -2.21. The molecule has 1 aromatic rings. The zero-order valence-corrected chi connectivity index (χ0v) is 14.3. The number of ether oxygens (including phenoxy) is 4. The van der Waals surface area contributed by atoms with Crippen molar-refractivity contribution >= 4 is 27.5 Å². The first-order valence-corrected chi connectivity index (χ1v) is 7.57. The number of benzene rings is 1. The molecule has 0 radical (unpaired) electrons. The van der Waals surface area contributed by atoms with Gasteiger partial charge in [-0.3, -0.25) is 4.79 Å². The zero-order valence-electron chi connectivity index (χ0n) is 12.7. The van der Waals surface area contributed by atoms with Gasteiger partial charge in [0.25, 0.3) is 5.91 Å². The van der Waals surface area contributed by atoms with Crippen LogP contribution in [-0.4, -0.2) is 32.6 Å². The fraction of sp³-hybridized carbons (Fsp3) is 0.429. The van der Waals surface area contributed by atoms with Crippen molar-refractivity contribution in [2.75, 3.05) is 21.0 Å². The number of methoxy groups -OCH3 is 2. The number of fused-ring (bicyclic) bond motifs is 1. The molecule has 2 N–H and O–H groups in total. The third kappa shape index (κ3) is 2.26. The van der Waals surface area contributed by atoms with Gasteiger partial charge in [-0.05, 0) is 15.9 Å². The second-order valence-corrected chi connectivity index (χ2v) is 5.81. The van der Waals surface area contributed by atoms with Crippen LogP contribution in [-0.2, 0) is 9.63 Å². The molecule has 2 aliphatic heterocycles. The highest BCUT2D eigenvalue weighted by molar-refractivity contribution is 9.10. The van der Waals surface area contributed by atoms with Gasteiger partial charge in [0.05, 0.1) is 30.2 Å². The van der Waals surface area contributed by atoms with Crippen molar-refractivity contribution < 1.29 is 28.6 Å². The highest BCUT2D eigenvalue weighted by atomic mass is 79.9. The van der Waals surface area contributed by atoms with Crippen LogP contribution < -0.4 is 24.7 Å². The summed E-state index contributed by atoms with van der Waals surface area (Å²) in [6.45, 7) is 1.85. The molecule has 0 spiro atoms. The first-order chi connectivity index (χ1) is 11.0. The lowest BCUT2D eigenvalue weighted by atomic mass is 9.92. The van der Waals surface area contributed by atoms with Gasteiger partial charge in [-0.1, -0.05) is 12.1 Å². The first-order valence-electron chi connectivity index (χ1n) is 6.77. The molecule has 0 bridgehead atoms. The molecule has 124 valence electrons. The molecule has 0 fully saturated rings. The van der Waals surface area contributed by atoms with E-state index in [1.807, 2.05) is 0 Å². The summed E-state index contributed by atoms with van der Waals surface area (Å²) in [7, 11) is 3.03. The predicted octanol–water partition coefficient (Wildman–Crippen LogP) is 1.74. The van der Waals surface area contributed by atoms with Crippen LogP contribution in [0.3, 0.4) is 0 Å². The Kier molecular flexibility index (Phi) is 3.97. The van der Waals surface area contributed by atoms with Crippen LogP contribution in [0.15, 0.2) is 9.63 Å². The zero-order chi connectivity index (χ0) is 16.7. The summed E-state index contributed by atoms with van der Waals surface area (Å²) in [6, 6.07) is 0. The Bertz CT molecular complexity index is 705. The van der Waals surface area contributed by atoms with E-state index in [0.29, 0.717) is 33.0 Å². The summed E-state index contributed by atoms with van der Waals surface area (Å²) < 4.78 is 22.4. The molecule has 0 aromatic heterocycles. The fourth-order valence-corrected chi connectivity index (χ4v) is 3.45. The standard InChI is InChI=1S/C14H15BrN2O6/c1-5-8(14(16)18)17-23-9(5)6-7(15)11(20-3)13-12(10(6)19-2)21-4-22-13/h5,9H,4H2,1-3H3,(H2,16,18)/t5-,9+/m0/s1. The highest BCUT2D eigenvalue weighted by Gasteiger charge is 2.41. The van der Waals surface area contributed by atoms with E-state index in [0.717, 1.165) is 0 Å². The summed E-state index contributed by atoms with van der Waals surface area (Å²) in [4.78, 5) is 16.9. The monoisotopic (exact) mass is 386 g/mol. The van der Waals surface area contributed by atoms with E-state index in [-0.39, 0.29) is 18.4 Å². The van der Waals surface area contributed by atoms with Gasteiger partial charge in [0.15, 0.2) is 23.3 Å². The van der Waals surface area contributed by atoms with E-state index >= 15 is 0 Å². The smallest absolute Gasteiger partial charge is 0.266 e. The van der Waals surface area contributed by atoms with Gasteiger partial charge in [-0.2, -0.15) is 0 Å². The maximum atomic E-state index is 11.4. The number of nitrogens with two attached hydrogens (primary N) is 1. The molecule has 2 heterocycles. The molecule has 9 heteroatoms.